The molecule has 0 atom stereocenters. The van der Waals surface area contributed by atoms with E-state index in [1.165, 1.54) is 19.1 Å². The molecule has 0 unspecified atom stereocenters. The lowest BCUT2D eigenvalue weighted by Crippen LogP contribution is -2.02. The van der Waals surface area contributed by atoms with Crippen molar-refractivity contribution in [2.75, 3.05) is 0 Å². The summed E-state index contributed by atoms with van der Waals surface area (Å²) < 4.78 is 4.77. The van der Waals surface area contributed by atoms with E-state index >= 15 is 0 Å². The smallest absolute Gasteiger partial charge is 0.308 e. The molecule has 0 fully saturated rings. The van der Waals surface area contributed by atoms with Gasteiger partial charge in [0.05, 0.1) is 10.0 Å². The zero-order valence-electron chi connectivity index (χ0n) is 7.31. The first-order chi connectivity index (χ1) is 6.02. The Labute approximate surface area is 96.5 Å². The average Bonchev–Trinajstić information content (AvgIpc) is 2.05. The predicted octanol–water partition coefficient (Wildman–Crippen LogP) is 3.73. The molecule has 0 amide bonds. The lowest BCUT2D eigenvalue weighted by atomic mass is 10.3. The first-order valence-electron chi connectivity index (χ1n) is 3.34. The van der Waals surface area contributed by atoms with E-state index in [9.17, 15) is 4.79 Å². The van der Waals surface area contributed by atoms with Gasteiger partial charge in [0.15, 0.2) is 5.75 Å². The van der Waals surface area contributed by atoms with Crippen LogP contribution in [-0.4, -0.2) is 5.97 Å². The van der Waals surface area contributed by atoms with Crippen LogP contribution in [0.4, 0.5) is 0 Å². The number of hydrogen-bond acceptors (Lipinski definition) is 3. The molecule has 0 spiro atoms. The maximum Gasteiger partial charge on any atom is 0.308 e. The van der Waals surface area contributed by atoms with E-state index in [2.05, 4.69) is 0 Å². The maximum atomic E-state index is 10.6. The van der Waals surface area contributed by atoms with Gasteiger partial charge in [-0.25, -0.2) is 0 Å². The SMILES string of the molecule is CC(=O)Oc1c(Cl)ccc(Cl)c1Cl.N. The quantitative estimate of drug-likeness (QED) is 0.473. The van der Waals surface area contributed by atoms with E-state index in [0.29, 0.717) is 5.02 Å². The Hall–Kier alpha value is -0.480. The highest BCUT2D eigenvalue weighted by Gasteiger charge is 2.12. The molecule has 3 nitrogen and oxygen atoms in total. The van der Waals surface area contributed by atoms with Crippen LogP contribution < -0.4 is 10.9 Å². The molecule has 0 aliphatic carbocycles. The third kappa shape index (κ3) is 3.03. The summed E-state index contributed by atoms with van der Waals surface area (Å²) in [5, 5.41) is 0.691. The Kier molecular flexibility index (Phi) is 5.23. The standard InChI is InChI=1S/C8H5Cl3O2.H3N/c1-4(12)13-8-6(10)3-2-5(9)7(8)11;/h2-3H,1H3;1H3. The molecular formula is C8H8Cl3NO2. The third-order valence-corrected chi connectivity index (χ3v) is 2.33. The van der Waals surface area contributed by atoms with Gasteiger partial charge in [-0.3, -0.25) is 4.79 Å². The number of benzene rings is 1. The lowest BCUT2D eigenvalue weighted by molar-refractivity contribution is -0.131. The van der Waals surface area contributed by atoms with Crippen LogP contribution in [0.1, 0.15) is 6.92 Å². The van der Waals surface area contributed by atoms with Gasteiger partial charge in [0, 0.05) is 6.92 Å². The molecule has 3 N–H and O–H groups in total. The van der Waals surface area contributed by atoms with Crippen molar-refractivity contribution in [3.8, 4) is 5.75 Å². The van der Waals surface area contributed by atoms with Crippen LogP contribution in [0.15, 0.2) is 12.1 Å². The van der Waals surface area contributed by atoms with Crippen molar-refractivity contribution in [3.63, 3.8) is 0 Å². The second-order valence-electron chi connectivity index (χ2n) is 2.27. The summed E-state index contributed by atoms with van der Waals surface area (Å²) in [6.45, 7) is 1.26. The van der Waals surface area contributed by atoms with Gasteiger partial charge in [-0.1, -0.05) is 34.8 Å². The molecule has 0 aliphatic rings. The fourth-order valence-electron chi connectivity index (χ4n) is 0.746. The lowest BCUT2D eigenvalue weighted by Gasteiger charge is -2.06. The number of rotatable bonds is 1. The van der Waals surface area contributed by atoms with Gasteiger partial charge in [-0.2, -0.15) is 0 Å². The number of carbonyl (C=O) groups is 1. The summed E-state index contributed by atoms with van der Waals surface area (Å²) >= 11 is 17.2. The van der Waals surface area contributed by atoms with Crippen molar-refractivity contribution >= 4 is 40.8 Å². The summed E-state index contributed by atoms with van der Waals surface area (Å²) in [6, 6.07) is 3.03. The molecule has 0 radical (unpaired) electrons. The van der Waals surface area contributed by atoms with Crippen LogP contribution in [0.3, 0.4) is 0 Å². The molecule has 0 aliphatic heterocycles. The molecule has 14 heavy (non-hydrogen) atoms. The third-order valence-electron chi connectivity index (χ3n) is 1.25. The normalized spacial score (nSPS) is 9.14. The topological polar surface area (TPSA) is 61.3 Å². The molecule has 0 bridgehead atoms. The van der Waals surface area contributed by atoms with Crippen molar-refractivity contribution in [1.82, 2.24) is 6.15 Å². The number of esters is 1. The zero-order chi connectivity index (χ0) is 10.0. The fourth-order valence-corrected chi connectivity index (χ4v) is 1.34. The summed E-state index contributed by atoms with van der Waals surface area (Å²) in [5.74, 6) is -0.394. The van der Waals surface area contributed by atoms with Gasteiger partial charge in [0.25, 0.3) is 0 Å². The first-order valence-corrected chi connectivity index (χ1v) is 4.47. The van der Waals surface area contributed by atoms with E-state index in [-0.39, 0.29) is 21.9 Å². The van der Waals surface area contributed by atoms with E-state index < -0.39 is 5.97 Å². The van der Waals surface area contributed by atoms with Crippen molar-refractivity contribution in [1.29, 1.82) is 0 Å². The second kappa shape index (κ2) is 5.41. The minimum absolute atomic E-state index is 0. The summed E-state index contributed by atoms with van der Waals surface area (Å²) in [5.41, 5.74) is 0. The molecule has 0 saturated heterocycles. The predicted molar refractivity (Wildman–Crippen MR) is 57.8 cm³/mol. The monoisotopic (exact) mass is 255 g/mol. The number of carbonyl (C=O) groups excluding carboxylic acids is 1. The molecular weight excluding hydrogens is 248 g/mol. The summed E-state index contributed by atoms with van der Waals surface area (Å²) in [4.78, 5) is 10.6. The van der Waals surface area contributed by atoms with Gasteiger partial charge in [0.1, 0.15) is 5.02 Å². The Bertz CT molecular complexity index is 355. The highest BCUT2D eigenvalue weighted by molar-refractivity contribution is 6.44. The van der Waals surface area contributed by atoms with Crippen LogP contribution in [0.2, 0.25) is 15.1 Å². The fraction of sp³-hybridized carbons (Fsp3) is 0.125. The highest BCUT2D eigenvalue weighted by Crippen LogP contribution is 2.37. The van der Waals surface area contributed by atoms with Gasteiger partial charge < -0.3 is 10.9 Å². The van der Waals surface area contributed by atoms with Crippen LogP contribution >= 0.6 is 34.8 Å². The molecule has 0 heterocycles. The molecule has 1 aromatic rings. The van der Waals surface area contributed by atoms with E-state index in [4.69, 9.17) is 39.5 Å². The van der Waals surface area contributed by atoms with Crippen molar-refractivity contribution in [3.05, 3.63) is 27.2 Å². The van der Waals surface area contributed by atoms with E-state index in [1.54, 1.807) is 0 Å². The highest BCUT2D eigenvalue weighted by atomic mass is 35.5. The largest absolute Gasteiger partial charge is 0.423 e. The molecule has 1 rings (SSSR count). The van der Waals surface area contributed by atoms with Gasteiger partial charge in [0.2, 0.25) is 0 Å². The maximum absolute atomic E-state index is 10.6. The Morgan fingerprint density at radius 2 is 1.71 bits per heavy atom. The molecule has 6 heteroatoms. The molecule has 1 aromatic carbocycles. The molecule has 78 valence electrons. The van der Waals surface area contributed by atoms with Crippen LogP contribution in [0, 0.1) is 0 Å². The average molecular weight is 257 g/mol. The van der Waals surface area contributed by atoms with Crippen LogP contribution in [0.25, 0.3) is 0 Å². The zero-order valence-corrected chi connectivity index (χ0v) is 9.58. The minimum Gasteiger partial charge on any atom is -0.423 e. The molecule has 0 saturated carbocycles. The van der Waals surface area contributed by atoms with E-state index in [1.807, 2.05) is 0 Å². The Balaban J connectivity index is 0.00000169. The minimum atomic E-state index is -0.494. The second-order valence-corrected chi connectivity index (χ2v) is 3.46. The number of hydrogen-bond donors (Lipinski definition) is 1. The summed E-state index contributed by atoms with van der Waals surface area (Å²) in [6.07, 6.45) is 0. The van der Waals surface area contributed by atoms with Crippen molar-refractivity contribution in [2.24, 2.45) is 0 Å². The van der Waals surface area contributed by atoms with Crippen molar-refractivity contribution < 1.29 is 9.53 Å². The van der Waals surface area contributed by atoms with Crippen LogP contribution in [-0.2, 0) is 4.79 Å². The van der Waals surface area contributed by atoms with Gasteiger partial charge >= 0.3 is 5.97 Å². The number of halogens is 3. The van der Waals surface area contributed by atoms with Crippen molar-refractivity contribution in [2.45, 2.75) is 6.92 Å². The first kappa shape index (κ1) is 13.5. The van der Waals surface area contributed by atoms with Crippen LogP contribution in [0.5, 0.6) is 5.75 Å². The number of ether oxygens (including phenoxy) is 1. The Morgan fingerprint density at radius 1 is 1.21 bits per heavy atom. The summed E-state index contributed by atoms with van der Waals surface area (Å²) in [7, 11) is 0. The molecule has 0 aromatic heterocycles. The van der Waals surface area contributed by atoms with Gasteiger partial charge in [-0.15, -0.1) is 0 Å². The van der Waals surface area contributed by atoms with E-state index in [0.717, 1.165) is 0 Å². The van der Waals surface area contributed by atoms with Gasteiger partial charge in [-0.05, 0) is 12.1 Å². The Morgan fingerprint density at radius 3 is 2.21 bits per heavy atom.